The minimum Gasteiger partial charge on any atom is -0.480 e. The van der Waals surface area contributed by atoms with E-state index in [1.54, 1.807) is 0 Å². The van der Waals surface area contributed by atoms with Crippen LogP contribution in [0.1, 0.15) is 49.7 Å². The zero-order valence-corrected chi connectivity index (χ0v) is 19.7. The molecule has 0 saturated carbocycles. The van der Waals surface area contributed by atoms with Crippen LogP contribution in [0.4, 0.5) is 4.79 Å². The SMILES string of the molecule is CCC(CC(=O)N1C(C(=O)O)CC2OCCC21)NC(=O)OCC1c2ccccc2-c2ccccc21. The molecule has 1 aliphatic carbocycles. The molecule has 2 aliphatic heterocycles. The van der Waals surface area contributed by atoms with Crippen LogP contribution in [0, 0.1) is 0 Å². The first-order valence-electron chi connectivity index (χ1n) is 12.2. The van der Waals surface area contributed by atoms with E-state index in [0.717, 1.165) is 22.3 Å². The first-order valence-corrected chi connectivity index (χ1v) is 12.2. The molecule has 2 amide bonds. The third kappa shape index (κ3) is 4.38. The second-order valence-electron chi connectivity index (χ2n) is 9.44. The fraction of sp³-hybridized carbons (Fsp3) is 0.444. The van der Waals surface area contributed by atoms with Crippen molar-refractivity contribution in [1.29, 1.82) is 0 Å². The number of rotatable bonds is 7. The summed E-state index contributed by atoms with van der Waals surface area (Å²) in [6.45, 7) is 2.60. The van der Waals surface area contributed by atoms with Crippen LogP contribution < -0.4 is 5.32 Å². The fourth-order valence-corrected chi connectivity index (χ4v) is 5.74. The van der Waals surface area contributed by atoms with Gasteiger partial charge in [0.25, 0.3) is 0 Å². The van der Waals surface area contributed by atoms with Crippen LogP contribution in [0.15, 0.2) is 48.5 Å². The summed E-state index contributed by atoms with van der Waals surface area (Å²) in [5.41, 5.74) is 4.57. The van der Waals surface area contributed by atoms with Gasteiger partial charge in [-0.1, -0.05) is 55.5 Å². The lowest BCUT2D eigenvalue weighted by Gasteiger charge is -2.28. The molecular weight excluding hydrogens is 448 g/mol. The average Bonchev–Trinajstić information content (AvgIpc) is 3.54. The van der Waals surface area contributed by atoms with Crippen molar-refractivity contribution in [2.75, 3.05) is 13.2 Å². The lowest BCUT2D eigenvalue weighted by Crippen LogP contribution is -2.48. The zero-order chi connectivity index (χ0) is 24.5. The Morgan fingerprint density at radius 1 is 1.11 bits per heavy atom. The molecule has 2 aromatic carbocycles. The number of carboxylic acid groups (broad SMARTS) is 1. The van der Waals surface area contributed by atoms with Crippen LogP contribution >= 0.6 is 0 Å². The highest BCUT2D eigenvalue weighted by atomic mass is 16.5. The molecule has 2 saturated heterocycles. The Kier molecular flexibility index (Phi) is 6.47. The number of carbonyl (C=O) groups is 3. The summed E-state index contributed by atoms with van der Waals surface area (Å²) in [6, 6.07) is 14.7. The number of amides is 2. The van der Waals surface area contributed by atoms with Crippen molar-refractivity contribution >= 4 is 18.0 Å². The molecule has 0 bridgehead atoms. The molecule has 184 valence electrons. The van der Waals surface area contributed by atoms with Crippen LogP contribution in [0.5, 0.6) is 0 Å². The molecular formula is C27H30N2O6. The molecule has 2 aromatic rings. The number of carbonyl (C=O) groups excluding carboxylic acids is 2. The summed E-state index contributed by atoms with van der Waals surface area (Å²) < 4.78 is 11.2. The van der Waals surface area contributed by atoms with Gasteiger partial charge in [0.05, 0.1) is 12.1 Å². The van der Waals surface area contributed by atoms with Gasteiger partial charge in [0.15, 0.2) is 0 Å². The molecule has 0 radical (unpaired) electrons. The molecule has 5 rings (SSSR count). The predicted molar refractivity (Wildman–Crippen MR) is 128 cm³/mol. The van der Waals surface area contributed by atoms with Crippen molar-refractivity contribution in [3.8, 4) is 11.1 Å². The van der Waals surface area contributed by atoms with Crippen molar-refractivity contribution in [2.24, 2.45) is 0 Å². The molecule has 2 heterocycles. The van der Waals surface area contributed by atoms with Gasteiger partial charge in [-0.3, -0.25) is 4.79 Å². The molecule has 35 heavy (non-hydrogen) atoms. The Labute approximate surface area is 204 Å². The van der Waals surface area contributed by atoms with Crippen molar-refractivity contribution in [3.63, 3.8) is 0 Å². The van der Waals surface area contributed by atoms with E-state index in [-0.39, 0.29) is 37.0 Å². The molecule has 2 fully saturated rings. The second-order valence-corrected chi connectivity index (χ2v) is 9.44. The van der Waals surface area contributed by atoms with Gasteiger partial charge in [0, 0.05) is 31.4 Å². The van der Waals surface area contributed by atoms with Crippen molar-refractivity contribution in [2.45, 2.75) is 62.8 Å². The second kappa shape index (κ2) is 9.70. The average molecular weight is 479 g/mol. The van der Waals surface area contributed by atoms with Crippen molar-refractivity contribution < 1.29 is 29.0 Å². The van der Waals surface area contributed by atoms with Crippen molar-refractivity contribution in [3.05, 3.63) is 59.7 Å². The highest BCUT2D eigenvalue weighted by molar-refractivity contribution is 5.85. The topological polar surface area (TPSA) is 105 Å². The first-order chi connectivity index (χ1) is 17.0. The molecule has 0 aromatic heterocycles. The maximum Gasteiger partial charge on any atom is 0.407 e. The quantitative estimate of drug-likeness (QED) is 0.631. The molecule has 3 aliphatic rings. The van der Waals surface area contributed by atoms with E-state index in [1.807, 2.05) is 31.2 Å². The lowest BCUT2D eigenvalue weighted by molar-refractivity contribution is -0.149. The number of hydrogen-bond donors (Lipinski definition) is 2. The Morgan fingerprint density at radius 3 is 2.40 bits per heavy atom. The number of ether oxygens (including phenoxy) is 2. The summed E-state index contributed by atoms with van der Waals surface area (Å²) >= 11 is 0. The minimum absolute atomic E-state index is 0.0215. The van der Waals surface area contributed by atoms with Crippen molar-refractivity contribution in [1.82, 2.24) is 10.2 Å². The number of carboxylic acids is 1. The summed E-state index contributed by atoms with van der Waals surface area (Å²) in [6.07, 6.45) is 0.680. The number of fused-ring (bicyclic) bond motifs is 4. The summed E-state index contributed by atoms with van der Waals surface area (Å²) in [7, 11) is 0. The van der Waals surface area contributed by atoms with Gasteiger partial charge >= 0.3 is 12.1 Å². The van der Waals surface area contributed by atoms with Gasteiger partial charge in [0.2, 0.25) is 5.91 Å². The first kappa shape index (κ1) is 23.4. The Morgan fingerprint density at radius 2 is 1.77 bits per heavy atom. The van der Waals surface area contributed by atoms with Crippen LogP contribution in [-0.4, -0.2) is 65.4 Å². The van der Waals surface area contributed by atoms with Crippen LogP contribution in [0.3, 0.4) is 0 Å². The van der Waals surface area contributed by atoms with E-state index in [9.17, 15) is 19.5 Å². The normalized spacial score (nSPS) is 23.3. The van der Waals surface area contributed by atoms with E-state index in [0.29, 0.717) is 25.9 Å². The summed E-state index contributed by atoms with van der Waals surface area (Å²) in [5, 5.41) is 12.4. The van der Waals surface area contributed by atoms with Crippen LogP contribution in [0.2, 0.25) is 0 Å². The van der Waals surface area contributed by atoms with Gasteiger partial charge in [0.1, 0.15) is 12.6 Å². The molecule has 2 N–H and O–H groups in total. The minimum atomic E-state index is -1.02. The Bertz CT molecular complexity index is 1090. The van der Waals surface area contributed by atoms with E-state index in [2.05, 4.69) is 29.6 Å². The number of benzene rings is 2. The fourth-order valence-electron chi connectivity index (χ4n) is 5.74. The predicted octanol–water partition coefficient (Wildman–Crippen LogP) is 3.54. The van der Waals surface area contributed by atoms with Gasteiger partial charge in [-0.15, -0.1) is 0 Å². The van der Waals surface area contributed by atoms with Gasteiger partial charge < -0.3 is 24.8 Å². The number of alkyl carbamates (subject to hydrolysis) is 1. The number of likely N-dealkylation sites (tertiary alicyclic amines) is 1. The molecule has 4 atom stereocenters. The molecule has 4 unspecified atom stereocenters. The zero-order valence-electron chi connectivity index (χ0n) is 19.7. The van der Waals surface area contributed by atoms with E-state index < -0.39 is 24.1 Å². The van der Waals surface area contributed by atoms with Gasteiger partial charge in [-0.2, -0.15) is 0 Å². The smallest absolute Gasteiger partial charge is 0.407 e. The standard InChI is InChI=1S/C27H30N2O6/c1-2-16(13-25(30)29-22-11-12-34-24(22)14-23(29)26(31)32)28-27(33)35-15-21-19-9-5-3-7-17(19)18-8-4-6-10-20(18)21/h3-10,16,21-24H,2,11-15H2,1H3,(H,28,33)(H,31,32). The highest BCUT2D eigenvalue weighted by Gasteiger charge is 2.49. The lowest BCUT2D eigenvalue weighted by atomic mass is 9.98. The third-order valence-corrected chi connectivity index (χ3v) is 7.48. The van der Waals surface area contributed by atoms with Crippen LogP contribution in [0.25, 0.3) is 11.1 Å². The Balaban J connectivity index is 1.20. The molecule has 0 spiro atoms. The van der Waals surface area contributed by atoms with E-state index in [1.165, 1.54) is 4.90 Å². The highest BCUT2D eigenvalue weighted by Crippen LogP contribution is 2.44. The van der Waals surface area contributed by atoms with Gasteiger partial charge in [-0.25, -0.2) is 9.59 Å². The number of nitrogens with one attached hydrogen (secondary N) is 1. The summed E-state index contributed by atoms with van der Waals surface area (Å²) in [5.74, 6) is -1.34. The number of nitrogens with zero attached hydrogens (tertiary/aromatic N) is 1. The maximum absolute atomic E-state index is 13.1. The summed E-state index contributed by atoms with van der Waals surface area (Å²) in [4.78, 5) is 39.0. The van der Waals surface area contributed by atoms with E-state index >= 15 is 0 Å². The van der Waals surface area contributed by atoms with Gasteiger partial charge in [-0.05, 0) is 35.1 Å². The molecule has 8 nitrogen and oxygen atoms in total. The Hall–Kier alpha value is -3.39. The monoisotopic (exact) mass is 478 g/mol. The van der Waals surface area contributed by atoms with E-state index in [4.69, 9.17) is 9.47 Å². The largest absolute Gasteiger partial charge is 0.480 e. The van der Waals surface area contributed by atoms with Crippen LogP contribution in [-0.2, 0) is 19.1 Å². The number of hydrogen-bond acceptors (Lipinski definition) is 5. The molecule has 8 heteroatoms. The maximum atomic E-state index is 13.1. The third-order valence-electron chi connectivity index (χ3n) is 7.48. The number of aliphatic carboxylic acids is 1.